The van der Waals surface area contributed by atoms with Crippen molar-refractivity contribution in [2.45, 2.75) is 19.3 Å². The summed E-state index contributed by atoms with van der Waals surface area (Å²) in [6, 6.07) is 7.56. The predicted molar refractivity (Wildman–Crippen MR) is 105 cm³/mol. The van der Waals surface area contributed by atoms with Crippen LogP contribution in [0, 0.1) is 11.8 Å². The topological polar surface area (TPSA) is 83.0 Å². The molecular formula is C18H25N6OP. The van der Waals surface area contributed by atoms with Gasteiger partial charge < -0.3 is 9.88 Å². The second-order valence-corrected chi connectivity index (χ2v) is 10.8. The van der Waals surface area contributed by atoms with E-state index in [1.54, 1.807) is 13.3 Å². The van der Waals surface area contributed by atoms with Gasteiger partial charge in [-0.3, -0.25) is 5.43 Å². The van der Waals surface area contributed by atoms with E-state index in [0.717, 1.165) is 35.9 Å². The van der Waals surface area contributed by atoms with Gasteiger partial charge in [0.05, 0.1) is 0 Å². The Bertz CT molecular complexity index is 809. The lowest BCUT2D eigenvalue weighted by atomic mass is 10.0. The van der Waals surface area contributed by atoms with E-state index in [9.17, 15) is 4.57 Å². The predicted octanol–water partition coefficient (Wildman–Crippen LogP) is 2.92. The maximum atomic E-state index is 12.1. The number of nitrogens with one attached hydrogen (secondary N) is 2. The van der Waals surface area contributed by atoms with Gasteiger partial charge >= 0.3 is 0 Å². The third-order valence-electron chi connectivity index (χ3n) is 5.30. The molecule has 26 heavy (non-hydrogen) atoms. The zero-order valence-corrected chi connectivity index (χ0v) is 16.1. The maximum Gasteiger partial charge on any atom is 0.242 e. The van der Waals surface area contributed by atoms with Gasteiger partial charge in [0.25, 0.3) is 0 Å². The first-order valence-electron chi connectivity index (χ1n) is 9.11. The van der Waals surface area contributed by atoms with E-state index in [4.69, 9.17) is 0 Å². The normalized spacial score (nSPS) is 23.0. The Labute approximate surface area is 154 Å². The fraction of sp³-hybridized carbons (Fsp3) is 0.500. The number of aromatic nitrogens is 3. The molecule has 0 bridgehead atoms. The third-order valence-corrected chi connectivity index (χ3v) is 6.84. The van der Waals surface area contributed by atoms with Crippen LogP contribution in [0.25, 0.3) is 0 Å². The molecule has 2 atom stereocenters. The molecule has 2 unspecified atom stereocenters. The molecule has 1 aliphatic carbocycles. The van der Waals surface area contributed by atoms with Crippen molar-refractivity contribution in [1.82, 2.24) is 20.0 Å². The largest absolute Gasteiger partial charge is 0.324 e. The van der Waals surface area contributed by atoms with E-state index in [1.165, 1.54) is 25.6 Å². The standard InChI is InChI=1S/C18H25N6OP/c1-26(2,25)16-8-6-15(7-9-16)21-17-19-12-20-18(22-17)23-24-10-13-4-3-5-14(13)11-24/h6-9,12-14H,3-5,10-11H2,1-2H3,(H2,19,20,21,22,23). The summed E-state index contributed by atoms with van der Waals surface area (Å²) in [7, 11) is -2.24. The highest BCUT2D eigenvalue weighted by atomic mass is 31.2. The van der Waals surface area contributed by atoms with Crippen molar-refractivity contribution in [3.63, 3.8) is 0 Å². The van der Waals surface area contributed by atoms with Crippen LogP contribution in [0.1, 0.15) is 19.3 Å². The van der Waals surface area contributed by atoms with Gasteiger partial charge in [0.1, 0.15) is 13.5 Å². The maximum absolute atomic E-state index is 12.1. The molecule has 1 saturated carbocycles. The van der Waals surface area contributed by atoms with Crippen molar-refractivity contribution in [3.05, 3.63) is 30.6 Å². The van der Waals surface area contributed by atoms with Crippen molar-refractivity contribution >= 4 is 30.0 Å². The first-order chi connectivity index (χ1) is 12.5. The van der Waals surface area contributed by atoms with Gasteiger partial charge in [0, 0.05) is 24.1 Å². The van der Waals surface area contributed by atoms with Crippen LogP contribution in [0.15, 0.2) is 30.6 Å². The van der Waals surface area contributed by atoms with E-state index in [-0.39, 0.29) is 0 Å². The Morgan fingerprint density at radius 1 is 1.04 bits per heavy atom. The summed E-state index contributed by atoms with van der Waals surface area (Å²) in [4.78, 5) is 12.9. The van der Waals surface area contributed by atoms with Crippen LogP contribution in [0.4, 0.5) is 17.6 Å². The Balaban J connectivity index is 1.40. The van der Waals surface area contributed by atoms with E-state index >= 15 is 0 Å². The summed E-state index contributed by atoms with van der Waals surface area (Å²) in [5, 5.41) is 6.26. The smallest absolute Gasteiger partial charge is 0.242 e. The Hall–Kier alpha value is -1.98. The van der Waals surface area contributed by atoms with Crippen molar-refractivity contribution in [3.8, 4) is 0 Å². The SMILES string of the molecule is CP(C)(=O)c1ccc(Nc2ncnc(NN3CC4CCCC4C3)n2)cc1. The highest BCUT2D eigenvalue weighted by Gasteiger charge is 2.36. The van der Waals surface area contributed by atoms with Crippen LogP contribution in [0.3, 0.4) is 0 Å². The molecule has 0 spiro atoms. The number of hydrogen-bond acceptors (Lipinski definition) is 7. The molecule has 2 heterocycles. The van der Waals surface area contributed by atoms with Crippen molar-refractivity contribution in [1.29, 1.82) is 0 Å². The minimum absolute atomic E-state index is 0.492. The molecule has 1 aromatic carbocycles. The first-order valence-corrected chi connectivity index (χ1v) is 11.7. The molecule has 7 nitrogen and oxygen atoms in total. The van der Waals surface area contributed by atoms with E-state index in [0.29, 0.717) is 11.9 Å². The van der Waals surface area contributed by atoms with Gasteiger partial charge in [-0.1, -0.05) is 6.42 Å². The highest BCUT2D eigenvalue weighted by molar-refractivity contribution is 7.70. The number of benzene rings is 1. The lowest BCUT2D eigenvalue weighted by Crippen LogP contribution is -2.29. The monoisotopic (exact) mass is 372 g/mol. The second kappa shape index (κ2) is 6.97. The summed E-state index contributed by atoms with van der Waals surface area (Å²) in [6.45, 7) is 5.67. The first kappa shape index (κ1) is 17.4. The Morgan fingerprint density at radius 2 is 1.69 bits per heavy atom. The fourth-order valence-electron chi connectivity index (χ4n) is 3.91. The highest BCUT2D eigenvalue weighted by Crippen LogP contribution is 2.37. The van der Waals surface area contributed by atoms with Crippen LogP contribution in [0.2, 0.25) is 0 Å². The molecule has 8 heteroatoms. The number of hydrogen-bond donors (Lipinski definition) is 2. The molecule has 1 aliphatic heterocycles. The van der Waals surface area contributed by atoms with Crippen molar-refractivity contribution in [2.24, 2.45) is 11.8 Å². The molecule has 2 aromatic rings. The average molecular weight is 372 g/mol. The summed E-state index contributed by atoms with van der Waals surface area (Å²) in [5.74, 6) is 2.68. The number of nitrogens with zero attached hydrogens (tertiary/aromatic N) is 4. The summed E-state index contributed by atoms with van der Waals surface area (Å²) >= 11 is 0. The fourth-order valence-corrected chi connectivity index (χ4v) is 4.78. The van der Waals surface area contributed by atoms with Gasteiger partial charge in [0.15, 0.2) is 0 Å². The molecule has 2 N–H and O–H groups in total. The molecule has 0 amide bonds. The third kappa shape index (κ3) is 3.89. The lowest BCUT2D eigenvalue weighted by molar-refractivity contribution is 0.369. The summed E-state index contributed by atoms with van der Waals surface area (Å²) in [6.07, 6.45) is 5.55. The van der Waals surface area contributed by atoms with Crippen molar-refractivity contribution in [2.75, 3.05) is 37.2 Å². The van der Waals surface area contributed by atoms with Gasteiger partial charge in [-0.15, -0.1) is 0 Å². The zero-order chi connectivity index (χ0) is 18.1. The van der Waals surface area contributed by atoms with Crippen LogP contribution < -0.4 is 16.0 Å². The van der Waals surface area contributed by atoms with E-state index < -0.39 is 7.14 Å². The van der Waals surface area contributed by atoms with Crippen molar-refractivity contribution < 1.29 is 4.57 Å². The minimum Gasteiger partial charge on any atom is -0.324 e. The number of rotatable bonds is 5. The Morgan fingerprint density at radius 3 is 2.35 bits per heavy atom. The van der Waals surface area contributed by atoms with Gasteiger partial charge in [-0.05, 0) is 62.3 Å². The zero-order valence-electron chi connectivity index (χ0n) is 15.2. The summed E-state index contributed by atoms with van der Waals surface area (Å²) in [5.41, 5.74) is 4.18. The van der Waals surface area contributed by atoms with Gasteiger partial charge in [0.2, 0.25) is 11.9 Å². The quantitative estimate of drug-likeness (QED) is 0.781. The Kier molecular flexibility index (Phi) is 4.67. The minimum atomic E-state index is -2.24. The number of hydrazine groups is 1. The lowest BCUT2D eigenvalue weighted by Gasteiger charge is -2.18. The average Bonchev–Trinajstić information content (AvgIpc) is 3.16. The molecule has 2 fully saturated rings. The molecule has 1 saturated heterocycles. The number of fused-ring (bicyclic) bond motifs is 1. The molecule has 0 radical (unpaired) electrons. The van der Waals surface area contributed by atoms with Crippen LogP contribution in [0.5, 0.6) is 0 Å². The van der Waals surface area contributed by atoms with Crippen LogP contribution >= 0.6 is 7.14 Å². The van der Waals surface area contributed by atoms with Crippen LogP contribution in [-0.2, 0) is 4.57 Å². The molecule has 1 aromatic heterocycles. The second-order valence-electron chi connectivity index (χ2n) is 7.62. The number of anilines is 3. The summed E-state index contributed by atoms with van der Waals surface area (Å²) < 4.78 is 12.1. The van der Waals surface area contributed by atoms with E-state index in [2.05, 4.69) is 30.7 Å². The van der Waals surface area contributed by atoms with Gasteiger partial charge in [-0.25, -0.2) is 15.0 Å². The molecule has 138 valence electrons. The molecular weight excluding hydrogens is 347 g/mol. The van der Waals surface area contributed by atoms with Gasteiger partial charge in [-0.2, -0.15) is 4.98 Å². The molecule has 2 aliphatic rings. The van der Waals surface area contributed by atoms with Crippen LogP contribution in [-0.4, -0.2) is 46.4 Å². The molecule has 4 rings (SSSR count). The van der Waals surface area contributed by atoms with E-state index in [1.807, 2.05) is 24.3 Å².